The molecule has 6 heteroatoms. The van der Waals surface area contributed by atoms with Gasteiger partial charge in [0.2, 0.25) is 5.91 Å². The Bertz CT molecular complexity index is 295. The van der Waals surface area contributed by atoms with Crippen molar-refractivity contribution >= 4 is 12.0 Å². The van der Waals surface area contributed by atoms with Crippen LogP contribution in [0.25, 0.3) is 0 Å². The number of carbonyl (C=O) groups is 2. The number of nitrogens with zero attached hydrogens (tertiary/aromatic N) is 2. The highest BCUT2D eigenvalue weighted by Gasteiger charge is 2.32. The molecule has 0 aromatic carbocycles. The van der Waals surface area contributed by atoms with E-state index in [1.807, 2.05) is 4.90 Å². The molecule has 90 valence electrons. The molecule has 0 unspecified atom stereocenters. The molecule has 0 aromatic heterocycles. The first-order valence-electron chi connectivity index (χ1n) is 5.54. The van der Waals surface area contributed by atoms with Crippen molar-refractivity contribution in [2.24, 2.45) is 0 Å². The van der Waals surface area contributed by atoms with E-state index in [9.17, 15) is 9.59 Å². The minimum Gasteiger partial charge on any atom is -0.447 e. The lowest BCUT2D eigenvalue weighted by Crippen LogP contribution is -2.43. The summed E-state index contributed by atoms with van der Waals surface area (Å²) in [5.74, 6) is -0.233. The van der Waals surface area contributed by atoms with Crippen LogP contribution < -0.4 is 0 Å². The number of likely N-dealkylation sites (tertiary alicyclic amines) is 1. The van der Waals surface area contributed by atoms with Crippen LogP contribution in [0.2, 0.25) is 0 Å². The molecule has 2 amide bonds. The smallest absolute Gasteiger partial charge is 0.416 e. The van der Waals surface area contributed by atoms with E-state index >= 15 is 0 Å². The zero-order valence-electron chi connectivity index (χ0n) is 9.09. The average Bonchev–Trinajstić information content (AvgIpc) is 2.86. The van der Waals surface area contributed by atoms with Crippen LogP contribution in [-0.4, -0.2) is 65.8 Å². The van der Waals surface area contributed by atoms with Gasteiger partial charge < -0.3 is 9.84 Å². The van der Waals surface area contributed by atoms with Gasteiger partial charge in [0.1, 0.15) is 6.61 Å². The Labute approximate surface area is 93.8 Å². The van der Waals surface area contributed by atoms with Gasteiger partial charge in [-0.15, -0.1) is 0 Å². The Morgan fingerprint density at radius 1 is 1.50 bits per heavy atom. The third-order valence-corrected chi connectivity index (χ3v) is 3.11. The summed E-state index contributed by atoms with van der Waals surface area (Å²) in [5, 5.41) is 9.11. The Morgan fingerprint density at radius 3 is 2.94 bits per heavy atom. The van der Waals surface area contributed by atoms with Gasteiger partial charge in [-0.3, -0.25) is 9.69 Å². The first-order chi connectivity index (χ1) is 7.72. The van der Waals surface area contributed by atoms with Gasteiger partial charge in [0.05, 0.1) is 19.7 Å². The highest BCUT2D eigenvalue weighted by molar-refractivity contribution is 5.94. The summed E-state index contributed by atoms with van der Waals surface area (Å²) >= 11 is 0. The van der Waals surface area contributed by atoms with E-state index in [1.165, 1.54) is 0 Å². The van der Waals surface area contributed by atoms with Crippen molar-refractivity contribution < 1.29 is 19.4 Å². The topological polar surface area (TPSA) is 70.1 Å². The number of carbonyl (C=O) groups excluding carboxylic acids is 2. The van der Waals surface area contributed by atoms with Gasteiger partial charge in [-0.2, -0.15) is 0 Å². The quantitative estimate of drug-likeness (QED) is 0.700. The molecule has 16 heavy (non-hydrogen) atoms. The molecular formula is C10H16N2O4. The van der Waals surface area contributed by atoms with E-state index in [-0.39, 0.29) is 31.7 Å². The summed E-state index contributed by atoms with van der Waals surface area (Å²) in [4.78, 5) is 26.0. The van der Waals surface area contributed by atoms with Crippen molar-refractivity contribution in [2.45, 2.75) is 18.9 Å². The van der Waals surface area contributed by atoms with Gasteiger partial charge in [0.25, 0.3) is 0 Å². The lowest BCUT2D eigenvalue weighted by atomic mass is 10.2. The van der Waals surface area contributed by atoms with Gasteiger partial charge in [-0.1, -0.05) is 0 Å². The number of amides is 2. The molecule has 2 saturated heterocycles. The molecule has 2 rings (SSSR count). The Morgan fingerprint density at radius 2 is 2.31 bits per heavy atom. The zero-order valence-corrected chi connectivity index (χ0v) is 9.09. The zero-order chi connectivity index (χ0) is 11.5. The summed E-state index contributed by atoms with van der Waals surface area (Å²) in [6.45, 7) is 1.70. The van der Waals surface area contributed by atoms with Crippen LogP contribution in [-0.2, 0) is 9.53 Å². The minimum absolute atomic E-state index is 0.0579. The molecule has 6 nitrogen and oxygen atoms in total. The summed E-state index contributed by atoms with van der Waals surface area (Å²) in [7, 11) is 0. The lowest BCUT2D eigenvalue weighted by Gasteiger charge is -2.23. The summed E-state index contributed by atoms with van der Waals surface area (Å²) in [5.41, 5.74) is 0. The maximum Gasteiger partial charge on any atom is 0.416 e. The Balaban J connectivity index is 1.89. The van der Waals surface area contributed by atoms with Crippen molar-refractivity contribution in [2.75, 3.05) is 32.8 Å². The Hall–Kier alpha value is -1.14. The summed E-state index contributed by atoms with van der Waals surface area (Å²) in [6, 6.07) is 0.0579. The summed E-state index contributed by atoms with van der Waals surface area (Å²) < 4.78 is 4.70. The molecule has 0 aromatic rings. The van der Waals surface area contributed by atoms with Gasteiger partial charge in [-0.05, 0) is 19.4 Å². The molecule has 2 aliphatic rings. The molecule has 1 atom stereocenters. The number of hydrogen-bond acceptors (Lipinski definition) is 5. The highest BCUT2D eigenvalue weighted by Crippen LogP contribution is 2.17. The van der Waals surface area contributed by atoms with E-state index in [1.54, 1.807) is 0 Å². The normalized spacial score (nSPS) is 26.2. The third-order valence-electron chi connectivity index (χ3n) is 3.11. The predicted molar refractivity (Wildman–Crippen MR) is 54.7 cm³/mol. The second kappa shape index (κ2) is 4.80. The first-order valence-corrected chi connectivity index (χ1v) is 5.54. The average molecular weight is 228 g/mol. The molecule has 2 fully saturated rings. The van der Waals surface area contributed by atoms with Crippen molar-refractivity contribution in [1.82, 2.24) is 9.80 Å². The second-order valence-corrected chi connectivity index (χ2v) is 4.11. The second-order valence-electron chi connectivity index (χ2n) is 4.11. The number of imide groups is 1. The highest BCUT2D eigenvalue weighted by atomic mass is 16.6. The van der Waals surface area contributed by atoms with Crippen LogP contribution in [0.1, 0.15) is 12.8 Å². The molecule has 2 heterocycles. The maximum atomic E-state index is 11.8. The van der Waals surface area contributed by atoms with E-state index in [4.69, 9.17) is 9.84 Å². The van der Waals surface area contributed by atoms with E-state index in [2.05, 4.69) is 0 Å². The van der Waals surface area contributed by atoms with Gasteiger partial charge in [0, 0.05) is 6.04 Å². The van der Waals surface area contributed by atoms with E-state index in [0.717, 1.165) is 24.3 Å². The fraction of sp³-hybridized carbons (Fsp3) is 0.800. The van der Waals surface area contributed by atoms with Gasteiger partial charge in [0.15, 0.2) is 0 Å². The van der Waals surface area contributed by atoms with Crippen LogP contribution in [0.3, 0.4) is 0 Å². The van der Waals surface area contributed by atoms with Crippen LogP contribution in [0.4, 0.5) is 4.79 Å². The van der Waals surface area contributed by atoms with Crippen molar-refractivity contribution in [3.63, 3.8) is 0 Å². The standard InChI is InChI=1S/C10H16N2O4/c13-7-8-2-1-3-11(8)6-9(14)12-4-5-16-10(12)15/h8,13H,1-7H2/t8-/m0/s1. The molecular weight excluding hydrogens is 212 g/mol. The lowest BCUT2D eigenvalue weighted by molar-refractivity contribution is -0.129. The molecule has 2 aliphatic heterocycles. The Kier molecular flexibility index (Phi) is 3.40. The molecule has 1 N–H and O–H groups in total. The monoisotopic (exact) mass is 228 g/mol. The van der Waals surface area contributed by atoms with Crippen molar-refractivity contribution in [3.05, 3.63) is 0 Å². The number of cyclic esters (lactones) is 1. The molecule has 0 aliphatic carbocycles. The third kappa shape index (κ3) is 2.17. The van der Waals surface area contributed by atoms with Crippen LogP contribution in [0, 0.1) is 0 Å². The number of rotatable bonds is 3. The van der Waals surface area contributed by atoms with Crippen LogP contribution in [0.15, 0.2) is 0 Å². The van der Waals surface area contributed by atoms with E-state index in [0.29, 0.717) is 6.54 Å². The van der Waals surface area contributed by atoms with Crippen molar-refractivity contribution in [3.8, 4) is 0 Å². The van der Waals surface area contributed by atoms with E-state index < -0.39 is 6.09 Å². The SMILES string of the molecule is O=C(CN1CCC[C@H]1CO)N1CCOC1=O. The predicted octanol–water partition coefficient (Wildman–Crippen LogP) is -0.578. The molecule has 0 saturated carbocycles. The van der Waals surface area contributed by atoms with Crippen molar-refractivity contribution in [1.29, 1.82) is 0 Å². The molecule has 0 radical (unpaired) electrons. The van der Waals surface area contributed by atoms with Crippen LogP contribution >= 0.6 is 0 Å². The number of aliphatic hydroxyl groups is 1. The molecule has 0 bridgehead atoms. The largest absolute Gasteiger partial charge is 0.447 e. The summed E-state index contributed by atoms with van der Waals surface area (Å²) in [6.07, 6.45) is 1.35. The van der Waals surface area contributed by atoms with Gasteiger partial charge >= 0.3 is 6.09 Å². The number of ether oxygens (including phenoxy) is 1. The molecule has 0 spiro atoms. The fourth-order valence-electron chi connectivity index (χ4n) is 2.19. The number of aliphatic hydroxyl groups excluding tert-OH is 1. The minimum atomic E-state index is -0.551. The maximum absolute atomic E-state index is 11.8. The number of hydrogen-bond donors (Lipinski definition) is 1. The fourth-order valence-corrected chi connectivity index (χ4v) is 2.19. The van der Waals surface area contributed by atoms with Crippen LogP contribution in [0.5, 0.6) is 0 Å². The van der Waals surface area contributed by atoms with Gasteiger partial charge in [-0.25, -0.2) is 9.69 Å². The first kappa shape index (κ1) is 11.3.